The Labute approximate surface area is 144 Å². The fourth-order valence-corrected chi connectivity index (χ4v) is 3.60. The first kappa shape index (κ1) is 15.3. The molecule has 1 aliphatic carbocycles. The van der Waals surface area contributed by atoms with Crippen LogP contribution in [0.25, 0.3) is 16.3 Å². The average molecular weight is 341 g/mol. The Kier molecular flexibility index (Phi) is 3.42. The number of hydrogen-bond acceptors (Lipinski definition) is 5. The maximum atomic E-state index is 12.7. The number of fused-ring (bicyclic) bond motifs is 1. The van der Waals surface area contributed by atoms with Crippen LogP contribution < -0.4 is 5.32 Å². The van der Waals surface area contributed by atoms with Crippen molar-refractivity contribution in [2.45, 2.75) is 39.2 Å². The van der Waals surface area contributed by atoms with Gasteiger partial charge in [-0.1, -0.05) is 0 Å². The highest BCUT2D eigenvalue weighted by atomic mass is 32.1. The summed E-state index contributed by atoms with van der Waals surface area (Å²) in [5.74, 6) is 0.383. The van der Waals surface area contributed by atoms with E-state index in [9.17, 15) is 4.79 Å². The van der Waals surface area contributed by atoms with E-state index in [-0.39, 0.29) is 11.4 Å². The minimum Gasteiger partial charge on any atom is -0.345 e. The average Bonchev–Trinajstić information content (AvgIpc) is 3.09. The Balaban J connectivity index is 1.74. The van der Waals surface area contributed by atoms with Gasteiger partial charge >= 0.3 is 0 Å². The number of amides is 1. The zero-order valence-electron chi connectivity index (χ0n) is 13.9. The van der Waals surface area contributed by atoms with Gasteiger partial charge in [-0.05, 0) is 45.6 Å². The summed E-state index contributed by atoms with van der Waals surface area (Å²) in [6, 6.07) is 1.96. The quantitative estimate of drug-likeness (QED) is 0.791. The van der Waals surface area contributed by atoms with Crippen molar-refractivity contribution < 1.29 is 4.79 Å². The SMILES string of the molecule is Cc1cc(-c2nccs2)nc2c(C(=O)NC(C)(C)C3CC3)ncn12. The highest BCUT2D eigenvalue weighted by Crippen LogP contribution is 2.39. The van der Waals surface area contributed by atoms with E-state index in [2.05, 4.69) is 34.1 Å². The van der Waals surface area contributed by atoms with Gasteiger partial charge in [0.15, 0.2) is 11.3 Å². The molecule has 0 radical (unpaired) electrons. The second-order valence-electron chi connectivity index (χ2n) is 6.86. The number of nitrogens with zero attached hydrogens (tertiary/aromatic N) is 4. The second kappa shape index (κ2) is 5.37. The predicted octanol–water partition coefficient (Wildman–Crippen LogP) is 3.08. The van der Waals surface area contributed by atoms with Crippen molar-refractivity contribution in [3.8, 4) is 10.7 Å². The van der Waals surface area contributed by atoms with Gasteiger partial charge < -0.3 is 5.32 Å². The molecular formula is C17H19N5OS. The molecule has 124 valence electrons. The minimum absolute atomic E-state index is 0.169. The first-order valence-corrected chi connectivity index (χ1v) is 8.91. The summed E-state index contributed by atoms with van der Waals surface area (Å²) < 4.78 is 1.84. The monoisotopic (exact) mass is 341 g/mol. The molecule has 1 N–H and O–H groups in total. The van der Waals surface area contributed by atoms with E-state index >= 15 is 0 Å². The molecule has 1 fully saturated rings. The Morgan fingerprint density at radius 1 is 1.38 bits per heavy atom. The Morgan fingerprint density at radius 3 is 2.83 bits per heavy atom. The van der Waals surface area contributed by atoms with Crippen molar-refractivity contribution in [3.63, 3.8) is 0 Å². The number of imidazole rings is 1. The zero-order valence-corrected chi connectivity index (χ0v) is 14.7. The fraction of sp³-hybridized carbons (Fsp3) is 0.412. The fourth-order valence-electron chi connectivity index (χ4n) is 3.00. The number of aromatic nitrogens is 4. The van der Waals surface area contributed by atoms with Gasteiger partial charge in [0.05, 0.1) is 0 Å². The lowest BCUT2D eigenvalue weighted by Crippen LogP contribution is -2.45. The highest BCUT2D eigenvalue weighted by molar-refractivity contribution is 7.13. The van der Waals surface area contributed by atoms with Crippen LogP contribution >= 0.6 is 11.3 Å². The Bertz CT molecular complexity index is 909. The highest BCUT2D eigenvalue weighted by Gasteiger charge is 2.39. The molecule has 24 heavy (non-hydrogen) atoms. The second-order valence-corrected chi connectivity index (χ2v) is 7.75. The van der Waals surface area contributed by atoms with Gasteiger partial charge in [-0.2, -0.15) is 0 Å². The maximum absolute atomic E-state index is 12.7. The third-order valence-electron chi connectivity index (χ3n) is 4.59. The van der Waals surface area contributed by atoms with Crippen LogP contribution in [0.3, 0.4) is 0 Å². The van der Waals surface area contributed by atoms with Crippen molar-refractivity contribution in [1.29, 1.82) is 0 Å². The van der Waals surface area contributed by atoms with Gasteiger partial charge in [0, 0.05) is 22.8 Å². The molecule has 0 aliphatic heterocycles. The lowest BCUT2D eigenvalue weighted by Gasteiger charge is -2.25. The summed E-state index contributed by atoms with van der Waals surface area (Å²) in [5, 5.41) is 5.87. The van der Waals surface area contributed by atoms with Crippen molar-refractivity contribution >= 4 is 22.9 Å². The molecule has 1 aliphatic rings. The zero-order chi connectivity index (χ0) is 16.9. The topological polar surface area (TPSA) is 72.2 Å². The molecule has 0 atom stereocenters. The third-order valence-corrected chi connectivity index (χ3v) is 5.39. The molecule has 3 aromatic heterocycles. The van der Waals surface area contributed by atoms with Crippen molar-refractivity contribution in [3.05, 3.63) is 35.4 Å². The largest absolute Gasteiger partial charge is 0.345 e. The molecule has 1 saturated carbocycles. The van der Waals surface area contributed by atoms with Gasteiger partial charge in [-0.25, -0.2) is 15.0 Å². The van der Waals surface area contributed by atoms with Gasteiger partial charge in [0.25, 0.3) is 5.91 Å². The van der Waals surface area contributed by atoms with Crippen LogP contribution in [-0.2, 0) is 0 Å². The van der Waals surface area contributed by atoms with Crippen LogP contribution in [0.2, 0.25) is 0 Å². The molecule has 0 bridgehead atoms. The normalized spacial score (nSPS) is 15.0. The molecule has 3 aromatic rings. The van der Waals surface area contributed by atoms with Gasteiger partial charge in [0.1, 0.15) is 17.0 Å². The van der Waals surface area contributed by atoms with E-state index in [1.807, 2.05) is 22.8 Å². The van der Waals surface area contributed by atoms with E-state index in [0.29, 0.717) is 17.3 Å². The van der Waals surface area contributed by atoms with Crippen molar-refractivity contribution in [2.75, 3.05) is 0 Å². The van der Waals surface area contributed by atoms with Gasteiger partial charge in [0.2, 0.25) is 0 Å². The third kappa shape index (κ3) is 2.58. The van der Waals surface area contributed by atoms with Crippen LogP contribution in [-0.4, -0.2) is 30.8 Å². The van der Waals surface area contributed by atoms with Gasteiger partial charge in [-0.15, -0.1) is 11.3 Å². The summed E-state index contributed by atoms with van der Waals surface area (Å²) in [6.45, 7) is 6.12. The van der Waals surface area contributed by atoms with Crippen molar-refractivity contribution in [1.82, 2.24) is 24.7 Å². The lowest BCUT2D eigenvalue weighted by molar-refractivity contribution is 0.0900. The number of nitrogens with one attached hydrogen (secondary N) is 1. The predicted molar refractivity (Wildman–Crippen MR) is 93.1 cm³/mol. The van der Waals surface area contributed by atoms with E-state index in [4.69, 9.17) is 0 Å². The summed E-state index contributed by atoms with van der Waals surface area (Å²) in [5.41, 5.74) is 2.47. The summed E-state index contributed by atoms with van der Waals surface area (Å²) in [4.78, 5) is 26.0. The van der Waals surface area contributed by atoms with Gasteiger partial charge in [-0.3, -0.25) is 9.20 Å². The lowest BCUT2D eigenvalue weighted by atomic mass is 9.98. The number of aryl methyl sites for hydroxylation is 1. The molecule has 3 heterocycles. The van der Waals surface area contributed by atoms with E-state index in [1.165, 1.54) is 24.2 Å². The maximum Gasteiger partial charge on any atom is 0.274 e. The van der Waals surface area contributed by atoms with Crippen LogP contribution in [0.1, 0.15) is 42.9 Å². The summed E-state index contributed by atoms with van der Waals surface area (Å²) >= 11 is 1.53. The van der Waals surface area contributed by atoms with E-state index < -0.39 is 0 Å². The number of carbonyl (C=O) groups excluding carboxylic acids is 1. The molecule has 0 unspecified atom stereocenters. The van der Waals surface area contributed by atoms with Crippen LogP contribution in [0.5, 0.6) is 0 Å². The number of hydrogen-bond donors (Lipinski definition) is 1. The van der Waals surface area contributed by atoms with Crippen LogP contribution in [0, 0.1) is 12.8 Å². The van der Waals surface area contributed by atoms with Crippen LogP contribution in [0.15, 0.2) is 24.0 Å². The number of carbonyl (C=O) groups is 1. The van der Waals surface area contributed by atoms with Crippen LogP contribution in [0.4, 0.5) is 0 Å². The molecule has 6 nitrogen and oxygen atoms in total. The molecule has 0 saturated heterocycles. The minimum atomic E-state index is -0.213. The number of rotatable bonds is 4. The molecule has 0 aromatic carbocycles. The Hall–Kier alpha value is -2.28. The first-order chi connectivity index (χ1) is 11.5. The number of thiazole rings is 1. The van der Waals surface area contributed by atoms with E-state index in [1.54, 1.807) is 12.5 Å². The standard InChI is InChI=1S/C17H19N5OS/c1-10-8-12(16-18-6-7-24-16)20-14-13(19-9-22(10)14)15(23)21-17(2,3)11-4-5-11/h6-9,11H,4-5H2,1-3H3,(H,21,23). The summed E-state index contributed by atoms with van der Waals surface area (Å²) in [6.07, 6.45) is 5.75. The molecule has 7 heteroatoms. The smallest absolute Gasteiger partial charge is 0.274 e. The summed E-state index contributed by atoms with van der Waals surface area (Å²) in [7, 11) is 0. The molecule has 1 amide bonds. The van der Waals surface area contributed by atoms with E-state index in [0.717, 1.165) is 16.4 Å². The molecule has 0 spiro atoms. The van der Waals surface area contributed by atoms with Crippen molar-refractivity contribution in [2.24, 2.45) is 5.92 Å². The first-order valence-electron chi connectivity index (χ1n) is 8.03. The molecular weight excluding hydrogens is 322 g/mol. The Morgan fingerprint density at radius 2 is 2.17 bits per heavy atom. The molecule has 4 rings (SSSR count).